The maximum atomic E-state index is 13.0. The number of piperidine rings is 1. The van der Waals surface area contributed by atoms with Gasteiger partial charge >= 0.3 is 0 Å². The predicted molar refractivity (Wildman–Crippen MR) is 109 cm³/mol. The van der Waals surface area contributed by atoms with Crippen LogP contribution in [0.4, 0.5) is 0 Å². The molecule has 6 heteroatoms. The van der Waals surface area contributed by atoms with Crippen LogP contribution in [0.1, 0.15) is 51.0 Å². The van der Waals surface area contributed by atoms with Crippen molar-refractivity contribution in [3.63, 3.8) is 0 Å². The Bertz CT molecular complexity index is 749. The molecule has 1 aromatic carbocycles. The van der Waals surface area contributed by atoms with Crippen LogP contribution in [0, 0.1) is 5.92 Å². The number of amides is 2. The van der Waals surface area contributed by atoms with Crippen LogP contribution in [0.25, 0.3) is 0 Å². The average molecular weight is 401 g/mol. The average Bonchev–Trinajstić information content (AvgIpc) is 2.90. The molecule has 29 heavy (non-hydrogen) atoms. The van der Waals surface area contributed by atoms with E-state index in [0.29, 0.717) is 32.3 Å². The van der Waals surface area contributed by atoms with Gasteiger partial charge in [-0.25, -0.2) is 0 Å². The number of para-hydroxylation sites is 1. The molecule has 1 aromatic rings. The molecule has 3 aliphatic rings. The number of hydrogen-bond acceptors (Lipinski definition) is 4. The highest BCUT2D eigenvalue weighted by molar-refractivity contribution is 5.79. The lowest BCUT2D eigenvalue weighted by Gasteiger charge is -2.43. The molecule has 0 N–H and O–H groups in total. The van der Waals surface area contributed by atoms with Crippen LogP contribution in [0.5, 0.6) is 5.75 Å². The Kier molecular flexibility index (Phi) is 5.81. The normalized spacial score (nSPS) is 26.4. The Balaban J connectivity index is 1.43. The number of benzene rings is 1. The molecule has 2 fully saturated rings. The van der Waals surface area contributed by atoms with Gasteiger partial charge in [0.25, 0.3) is 0 Å². The molecule has 2 aliphatic heterocycles. The lowest BCUT2D eigenvalue weighted by atomic mass is 9.84. The molecular weight excluding hydrogens is 368 g/mol. The van der Waals surface area contributed by atoms with Crippen molar-refractivity contribution in [1.29, 1.82) is 0 Å². The Morgan fingerprint density at radius 2 is 1.76 bits per heavy atom. The number of ether oxygens (including phenoxy) is 2. The van der Waals surface area contributed by atoms with Gasteiger partial charge in [-0.05, 0) is 31.7 Å². The summed E-state index contributed by atoms with van der Waals surface area (Å²) < 4.78 is 12.0. The van der Waals surface area contributed by atoms with Gasteiger partial charge in [0.1, 0.15) is 11.4 Å². The van der Waals surface area contributed by atoms with Gasteiger partial charge in [0, 0.05) is 58.0 Å². The van der Waals surface area contributed by atoms with Crippen molar-refractivity contribution in [2.24, 2.45) is 5.92 Å². The molecule has 2 heterocycles. The van der Waals surface area contributed by atoms with Crippen molar-refractivity contribution in [3.05, 3.63) is 29.8 Å². The second-order valence-electron chi connectivity index (χ2n) is 8.80. The highest BCUT2D eigenvalue weighted by atomic mass is 16.5. The molecule has 4 rings (SSSR count). The maximum absolute atomic E-state index is 13.0. The number of nitrogens with zero attached hydrogens (tertiary/aromatic N) is 2. The first-order valence-electron chi connectivity index (χ1n) is 10.8. The van der Waals surface area contributed by atoms with Crippen LogP contribution in [-0.2, 0) is 20.9 Å². The number of fused-ring (bicyclic) bond motifs is 1. The molecule has 0 bridgehead atoms. The summed E-state index contributed by atoms with van der Waals surface area (Å²) in [6, 6.07) is 7.98. The lowest BCUT2D eigenvalue weighted by molar-refractivity contribution is -0.143. The Hall–Kier alpha value is -2.08. The molecule has 6 nitrogen and oxygen atoms in total. The monoisotopic (exact) mass is 400 g/mol. The zero-order valence-corrected chi connectivity index (χ0v) is 17.6. The number of carbonyl (C=O) groups is 2. The summed E-state index contributed by atoms with van der Waals surface area (Å²) in [5.74, 6) is 1.35. The van der Waals surface area contributed by atoms with E-state index in [1.807, 2.05) is 34.1 Å². The SMILES string of the molecule is COC1CCC(C(=O)N2CCC3(CC2)CN(C(C)=O)Cc2ccccc2O3)CC1. The summed E-state index contributed by atoms with van der Waals surface area (Å²) in [6.45, 7) is 4.17. The minimum atomic E-state index is -0.414. The van der Waals surface area contributed by atoms with Crippen molar-refractivity contribution in [2.75, 3.05) is 26.7 Å². The molecule has 158 valence electrons. The molecule has 0 unspecified atom stereocenters. The first kappa shape index (κ1) is 20.2. The second-order valence-corrected chi connectivity index (χ2v) is 8.80. The zero-order valence-electron chi connectivity index (χ0n) is 17.6. The Morgan fingerprint density at radius 3 is 2.41 bits per heavy atom. The number of hydrogen-bond donors (Lipinski definition) is 0. The van der Waals surface area contributed by atoms with Gasteiger partial charge in [-0.1, -0.05) is 18.2 Å². The Labute approximate surface area is 173 Å². The molecule has 0 atom stereocenters. The Morgan fingerprint density at radius 1 is 1.07 bits per heavy atom. The largest absolute Gasteiger partial charge is 0.485 e. The number of rotatable bonds is 2. The summed E-state index contributed by atoms with van der Waals surface area (Å²) in [5.41, 5.74) is 0.635. The quantitative estimate of drug-likeness (QED) is 0.766. The number of carbonyl (C=O) groups excluding carboxylic acids is 2. The molecule has 2 amide bonds. The van der Waals surface area contributed by atoms with Crippen molar-refractivity contribution in [3.8, 4) is 5.75 Å². The molecule has 0 radical (unpaired) electrons. The van der Waals surface area contributed by atoms with E-state index in [0.717, 1.165) is 49.8 Å². The summed E-state index contributed by atoms with van der Waals surface area (Å²) in [5, 5.41) is 0. The van der Waals surface area contributed by atoms with Gasteiger partial charge in [0.15, 0.2) is 0 Å². The van der Waals surface area contributed by atoms with Crippen molar-refractivity contribution in [2.45, 2.75) is 63.7 Å². The second kappa shape index (κ2) is 8.34. The highest BCUT2D eigenvalue weighted by Crippen LogP contribution is 2.36. The van der Waals surface area contributed by atoms with Crippen LogP contribution >= 0.6 is 0 Å². The van der Waals surface area contributed by atoms with E-state index in [2.05, 4.69) is 0 Å². The molecule has 0 aromatic heterocycles. The lowest BCUT2D eigenvalue weighted by Crippen LogP contribution is -2.55. The van der Waals surface area contributed by atoms with Crippen molar-refractivity contribution < 1.29 is 19.1 Å². The van der Waals surface area contributed by atoms with Crippen LogP contribution in [0.15, 0.2) is 24.3 Å². The fourth-order valence-electron chi connectivity index (χ4n) is 5.03. The third-order valence-corrected chi connectivity index (χ3v) is 6.93. The highest BCUT2D eigenvalue weighted by Gasteiger charge is 2.43. The van der Waals surface area contributed by atoms with Crippen molar-refractivity contribution in [1.82, 2.24) is 9.80 Å². The topological polar surface area (TPSA) is 59.1 Å². The van der Waals surface area contributed by atoms with Crippen LogP contribution in [0.2, 0.25) is 0 Å². The molecule has 1 spiro atoms. The van der Waals surface area contributed by atoms with E-state index in [1.54, 1.807) is 14.0 Å². The van der Waals surface area contributed by atoms with E-state index in [9.17, 15) is 9.59 Å². The molecular formula is C23H32N2O4. The minimum absolute atomic E-state index is 0.0677. The predicted octanol–water partition coefficient (Wildman–Crippen LogP) is 2.99. The smallest absolute Gasteiger partial charge is 0.225 e. The summed E-state index contributed by atoms with van der Waals surface area (Å²) >= 11 is 0. The molecule has 1 saturated heterocycles. The van der Waals surface area contributed by atoms with Crippen LogP contribution in [0.3, 0.4) is 0 Å². The third-order valence-electron chi connectivity index (χ3n) is 6.93. The standard InChI is InChI=1S/C23H32N2O4/c1-17(26)25-15-19-5-3-4-6-21(19)29-23(16-25)11-13-24(14-12-23)22(27)18-7-9-20(28-2)10-8-18/h3-6,18,20H,7-16H2,1-2H3. The first-order chi connectivity index (χ1) is 14.0. The van der Waals surface area contributed by atoms with Gasteiger partial charge in [-0.3, -0.25) is 9.59 Å². The van der Waals surface area contributed by atoms with Crippen LogP contribution in [-0.4, -0.2) is 60.1 Å². The van der Waals surface area contributed by atoms with Gasteiger partial charge in [-0.2, -0.15) is 0 Å². The summed E-state index contributed by atoms with van der Waals surface area (Å²) in [6.07, 6.45) is 5.59. The van der Waals surface area contributed by atoms with E-state index in [4.69, 9.17) is 9.47 Å². The number of methoxy groups -OCH3 is 1. The van der Waals surface area contributed by atoms with E-state index in [-0.39, 0.29) is 17.7 Å². The van der Waals surface area contributed by atoms with E-state index < -0.39 is 5.60 Å². The third kappa shape index (κ3) is 4.27. The fraction of sp³-hybridized carbons (Fsp3) is 0.652. The minimum Gasteiger partial charge on any atom is -0.485 e. The van der Waals surface area contributed by atoms with Gasteiger partial charge < -0.3 is 19.3 Å². The molecule has 1 aliphatic carbocycles. The van der Waals surface area contributed by atoms with E-state index in [1.165, 1.54) is 0 Å². The molecule has 1 saturated carbocycles. The van der Waals surface area contributed by atoms with Crippen molar-refractivity contribution >= 4 is 11.8 Å². The summed E-state index contributed by atoms with van der Waals surface area (Å²) in [4.78, 5) is 29.2. The first-order valence-corrected chi connectivity index (χ1v) is 10.8. The van der Waals surface area contributed by atoms with Gasteiger partial charge in [0.2, 0.25) is 11.8 Å². The summed E-state index contributed by atoms with van der Waals surface area (Å²) in [7, 11) is 1.76. The maximum Gasteiger partial charge on any atom is 0.225 e. The van der Waals surface area contributed by atoms with Crippen LogP contribution < -0.4 is 4.74 Å². The number of likely N-dealkylation sites (tertiary alicyclic amines) is 1. The van der Waals surface area contributed by atoms with E-state index >= 15 is 0 Å². The zero-order chi connectivity index (χ0) is 20.4. The fourth-order valence-corrected chi connectivity index (χ4v) is 5.03. The van der Waals surface area contributed by atoms with Gasteiger partial charge in [0.05, 0.1) is 12.6 Å². The van der Waals surface area contributed by atoms with Gasteiger partial charge in [-0.15, -0.1) is 0 Å².